The van der Waals surface area contributed by atoms with Crippen LogP contribution in [0.1, 0.15) is 19.8 Å². The Labute approximate surface area is 83.8 Å². The van der Waals surface area contributed by atoms with E-state index in [1.807, 2.05) is 0 Å². The Morgan fingerprint density at radius 1 is 1.69 bits per heavy atom. The number of nitrogens with zero attached hydrogens (tertiary/aromatic N) is 1. The number of hydrogen-bond acceptors (Lipinski definition) is 3. The fourth-order valence-corrected chi connectivity index (χ4v) is 2.89. The van der Waals surface area contributed by atoms with E-state index >= 15 is 0 Å². The predicted octanol–water partition coefficient (Wildman–Crippen LogP) is 1.48. The number of ether oxygens (including phenoxy) is 1. The van der Waals surface area contributed by atoms with E-state index < -0.39 is 6.09 Å². The molecule has 5 heteroatoms. The normalized spacial score (nSPS) is 16.1. The molecule has 1 rings (SSSR count). The Balaban J connectivity index is 2.26. The topological polar surface area (TPSA) is 46.6 Å². The Hall–Kier alpha value is -0.541. The fourth-order valence-electron chi connectivity index (χ4n) is 0.941. The third kappa shape index (κ3) is 3.01. The standard InChI is InChI=1S/C8H13NO3Se/c1-2-3-6-13-8(11)9-4-5-12-7(9)10/h2-6H2,1H3. The molecule has 1 heterocycles. The van der Waals surface area contributed by atoms with Gasteiger partial charge in [-0.25, -0.2) is 0 Å². The molecule has 0 aliphatic carbocycles. The third-order valence-electron chi connectivity index (χ3n) is 1.70. The van der Waals surface area contributed by atoms with Crippen LogP contribution >= 0.6 is 0 Å². The van der Waals surface area contributed by atoms with Gasteiger partial charge in [0, 0.05) is 0 Å². The summed E-state index contributed by atoms with van der Waals surface area (Å²) in [7, 11) is 0. The molecule has 1 aliphatic rings. The molecule has 0 aromatic rings. The summed E-state index contributed by atoms with van der Waals surface area (Å²) in [5, 5.41) is 0.923. The zero-order valence-corrected chi connectivity index (χ0v) is 9.33. The van der Waals surface area contributed by atoms with Crippen LogP contribution in [0, 0.1) is 0 Å². The second-order valence-corrected chi connectivity index (χ2v) is 4.93. The number of carbonyl (C=O) groups is 2. The van der Waals surface area contributed by atoms with Gasteiger partial charge in [0.05, 0.1) is 0 Å². The second-order valence-electron chi connectivity index (χ2n) is 2.73. The minimum absolute atomic E-state index is 0.0385. The zero-order chi connectivity index (χ0) is 9.68. The van der Waals surface area contributed by atoms with Crippen molar-refractivity contribution in [3.05, 3.63) is 0 Å². The molecule has 0 radical (unpaired) electrons. The number of amides is 2. The van der Waals surface area contributed by atoms with Crippen molar-refractivity contribution in [2.45, 2.75) is 25.1 Å². The van der Waals surface area contributed by atoms with E-state index in [0.717, 1.165) is 18.2 Å². The number of cyclic esters (lactones) is 1. The Kier molecular flexibility index (Phi) is 4.25. The van der Waals surface area contributed by atoms with Gasteiger partial charge in [-0.2, -0.15) is 0 Å². The van der Waals surface area contributed by atoms with Crippen LogP contribution in [-0.4, -0.2) is 43.9 Å². The van der Waals surface area contributed by atoms with Crippen LogP contribution in [0.3, 0.4) is 0 Å². The van der Waals surface area contributed by atoms with Crippen LogP contribution in [0.25, 0.3) is 0 Å². The molecular formula is C8H13NO3Se. The van der Waals surface area contributed by atoms with E-state index in [1.165, 1.54) is 4.90 Å². The average Bonchev–Trinajstić information content (AvgIpc) is 2.52. The molecule has 0 aromatic carbocycles. The molecule has 74 valence electrons. The molecule has 0 unspecified atom stereocenters. The molecule has 1 saturated heterocycles. The first kappa shape index (κ1) is 10.5. The van der Waals surface area contributed by atoms with Crippen LogP contribution in [0.5, 0.6) is 0 Å². The first-order chi connectivity index (χ1) is 6.25. The van der Waals surface area contributed by atoms with Gasteiger partial charge in [-0.3, -0.25) is 0 Å². The van der Waals surface area contributed by atoms with Crippen molar-refractivity contribution in [3.8, 4) is 0 Å². The van der Waals surface area contributed by atoms with Gasteiger partial charge in [0.15, 0.2) is 0 Å². The summed E-state index contributed by atoms with van der Waals surface area (Å²) in [6.07, 6.45) is 1.69. The summed E-state index contributed by atoms with van der Waals surface area (Å²) in [5.74, 6) is 0. The van der Waals surface area contributed by atoms with Gasteiger partial charge in [-0.1, -0.05) is 0 Å². The maximum atomic E-state index is 11.4. The Bertz CT molecular complexity index is 208. The Morgan fingerprint density at radius 3 is 3.00 bits per heavy atom. The quantitative estimate of drug-likeness (QED) is 0.561. The Morgan fingerprint density at radius 2 is 2.46 bits per heavy atom. The molecule has 13 heavy (non-hydrogen) atoms. The predicted molar refractivity (Wildman–Crippen MR) is 48.9 cm³/mol. The van der Waals surface area contributed by atoms with E-state index in [4.69, 9.17) is 0 Å². The first-order valence-electron chi connectivity index (χ1n) is 4.36. The number of rotatable bonds is 4. The van der Waals surface area contributed by atoms with E-state index in [2.05, 4.69) is 11.7 Å². The van der Waals surface area contributed by atoms with Crippen molar-refractivity contribution in [1.82, 2.24) is 4.90 Å². The zero-order valence-electron chi connectivity index (χ0n) is 7.62. The molecule has 2 amide bonds. The molecule has 0 N–H and O–H groups in total. The van der Waals surface area contributed by atoms with Crippen molar-refractivity contribution in [1.29, 1.82) is 0 Å². The van der Waals surface area contributed by atoms with Crippen LogP contribution in [0.2, 0.25) is 5.32 Å². The molecule has 0 spiro atoms. The van der Waals surface area contributed by atoms with Crippen molar-refractivity contribution >= 4 is 25.9 Å². The van der Waals surface area contributed by atoms with Crippen molar-refractivity contribution in [3.63, 3.8) is 0 Å². The molecular weight excluding hydrogens is 237 g/mol. The van der Waals surface area contributed by atoms with Crippen molar-refractivity contribution in [2.75, 3.05) is 13.2 Å². The summed E-state index contributed by atoms with van der Waals surface area (Å²) in [6, 6.07) is 0. The summed E-state index contributed by atoms with van der Waals surface area (Å²) < 4.78 is 4.67. The second kappa shape index (κ2) is 5.25. The maximum absolute atomic E-state index is 11.4. The van der Waals surface area contributed by atoms with Crippen LogP contribution < -0.4 is 0 Å². The van der Waals surface area contributed by atoms with Crippen LogP contribution in [-0.2, 0) is 4.74 Å². The summed E-state index contributed by atoms with van der Waals surface area (Å²) >= 11 is -0.0840. The molecule has 0 bridgehead atoms. The molecule has 0 atom stereocenters. The van der Waals surface area contributed by atoms with Gasteiger partial charge in [-0.15, -0.1) is 0 Å². The fraction of sp³-hybridized carbons (Fsp3) is 0.750. The van der Waals surface area contributed by atoms with E-state index in [-0.39, 0.29) is 19.8 Å². The van der Waals surface area contributed by atoms with E-state index in [1.54, 1.807) is 0 Å². The monoisotopic (exact) mass is 251 g/mol. The molecule has 0 saturated carbocycles. The molecule has 0 aromatic heterocycles. The van der Waals surface area contributed by atoms with Crippen molar-refractivity contribution in [2.24, 2.45) is 0 Å². The summed E-state index contributed by atoms with van der Waals surface area (Å²) in [6.45, 7) is 2.88. The van der Waals surface area contributed by atoms with Gasteiger partial charge in [0.1, 0.15) is 0 Å². The van der Waals surface area contributed by atoms with Crippen LogP contribution in [0.15, 0.2) is 0 Å². The number of imide groups is 1. The van der Waals surface area contributed by atoms with Crippen molar-refractivity contribution < 1.29 is 14.3 Å². The van der Waals surface area contributed by atoms with Crippen LogP contribution in [0.4, 0.5) is 9.59 Å². The van der Waals surface area contributed by atoms with Gasteiger partial charge >= 0.3 is 83.3 Å². The van der Waals surface area contributed by atoms with Gasteiger partial charge in [-0.05, 0) is 0 Å². The number of unbranched alkanes of at least 4 members (excludes halogenated alkanes) is 1. The van der Waals surface area contributed by atoms with Gasteiger partial charge < -0.3 is 0 Å². The summed E-state index contributed by atoms with van der Waals surface area (Å²) in [4.78, 5) is 23.5. The molecule has 1 fully saturated rings. The van der Waals surface area contributed by atoms with E-state index in [9.17, 15) is 9.59 Å². The van der Waals surface area contributed by atoms with Gasteiger partial charge in [0.25, 0.3) is 0 Å². The minimum atomic E-state index is -0.469. The molecule has 4 nitrogen and oxygen atoms in total. The number of hydrogen-bond donors (Lipinski definition) is 0. The average molecular weight is 250 g/mol. The number of carbonyl (C=O) groups excluding carboxylic acids is 2. The van der Waals surface area contributed by atoms with E-state index in [0.29, 0.717) is 13.2 Å². The summed E-state index contributed by atoms with van der Waals surface area (Å²) in [5.41, 5.74) is 0. The van der Waals surface area contributed by atoms with Gasteiger partial charge in [0.2, 0.25) is 0 Å². The third-order valence-corrected chi connectivity index (χ3v) is 3.72. The first-order valence-corrected chi connectivity index (χ1v) is 6.43. The SMILES string of the molecule is CCCC[Se]C(=O)N1CCOC1=O. The molecule has 1 aliphatic heterocycles.